The summed E-state index contributed by atoms with van der Waals surface area (Å²) in [5.41, 5.74) is 8.53. The van der Waals surface area contributed by atoms with Crippen molar-refractivity contribution in [3.05, 3.63) is 34.3 Å². The normalized spacial score (nSPS) is 23.7. The van der Waals surface area contributed by atoms with Gasteiger partial charge < -0.3 is 15.0 Å². The van der Waals surface area contributed by atoms with Gasteiger partial charge in [0, 0.05) is 0 Å². The van der Waals surface area contributed by atoms with E-state index in [0.29, 0.717) is 23.6 Å². The molecule has 138 valence electrons. The van der Waals surface area contributed by atoms with Crippen molar-refractivity contribution in [2.45, 2.75) is 50.5 Å². The number of Topliss-reactive ketones (excluding diaryl/α,β-unsaturated/α-hetero) is 1. The van der Waals surface area contributed by atoms with Gasteiger partial charge in [0.25, 0.3) is 5.78 Å². The topological polar surface area (TPSA) is 89.0 Å². The number of rotatable bonds is 5. The molecule has 0 radical (unpaired) electrons. The van der Waals surface area contributed by atoms with Crippen molar-refractivity contribution in [3.63, 3.8) is 0 Å². The van der Waals surface area contributed by atoms with Gasteiger partial charge in [0.1, 0.15) is 11.4 Å². The number of hydrogen-bond donors (Lipinski definition) is 0. The van der Waals surface area contributed by atoms with E-state index in [1.807, 2.05) is 12.1 Å². The number of nitrogens with zero attached hydrogens (tertiary/aromatic N) is 2. The minimum Gasteiger partial charge on any atom is -0.495 e. The molecule has 1 aromatic carbocycles. The molecule has 1 saturated heterocycles. The zero-order valence-electron chi connectivity index (χ0n) is 14.7. The van der Waals surface area contributed by atoms with Crippen LogP contribution in [0.4, 0.5) is 0 Å². The SMILES string of the molecule is COc1ccc(CCC2(C3CCCC3)CC(=O)C(=[N+]=[N-])C(=O)O2)cc1Cl. The number of benzene rings is 1. The fourth-order valence-electron chi connectivity index (χ4n) is 4.08. The first-order valence-electron chi connectivity index (χ1n) is 8.80. The Hall–Kier alpha value is -2.17. The van der Waals surface area contributed by atoms with Crippen LogP contribution in [0, 0.1) is 5.92 Å². The van der Waals surface area contributed by atoms with Crippen LogP contribution in [-0.2, 0) is 20.7 Å². The Labute approximate surface area is 157 Å². The summed E-state index contributed by atoms with van der Waals surface area (Å²) in [4.78, 5) is 27.3. The van der Waals surface area contributed by atoms with E-state index in [1.165, 1.54) is 0 Å². The summed E-state index contributed by atoms with van der Waals surface area (Å²) in [6, 6.07) is 5.55. The number of cyclic esters (lactones) is 1. The number of ketones is 1. The molecule has 7 heteroatoms. The lowest BCUT2D eigenvalue weighted by Crippen LogP contribution is -2.52. The van der Waals surface area contributed by atoms with Crippen molar-refractivity contribution >= 4 is 29.1 Å². The standard InChI is InChI=1S/C19H21ClN2O4/c1-25-16-7-6-12(10-14(16)20)8-9-19(13-4-2-3-5-13)11-15(23)17(22-21)18(24)26-19/h6-7,10,13H,2-5,8-9,11H2,1H3. The van der Waals surface area contributed by atoms with Gasteiger partial charge in [-0.05, 0) is 49.3 Å². The molecule has 1 unspecified atom stereocenters. The van der Waals surface area contributed by atoms with E-state index in [0.717, 1.165) is 31.2 Å². The molecule has 1 aliphatic heterocycles. The van der Waals surface area contributed by atoms with Crippen LogP contribution in [-0.4, -0.2) is 35.0 Å². The van der Waals surface area contributed by atoms with Gasteiger partial charge in [-0.15, -0.1) is 0 Å². The van der Waals surface area contributed by atoms with Crippen molar-refractivity contribution in [1.82, 2.24) is 0 Å². The molecule has 0 N–H and O–H groups in total. The van der Waals surface area contributed by atoms with Gasteiger partial charge in [0.2, 0.25) is 0 Å². The van der Waals surface area contributed by atoms with E-state index in [4.69, 9.17) is 26.6 Å². The maximum atomic E-state index is 12.3. The second-order valence-corrected chi connectivity index (χ2v) is 7.36. The van der Waals surface area contributed by atoms with Crippen LogP contribution in [0.1, 0.15) is 44.1 Å². The van der Waals surface area contributed by atoms with Gasteiger partial charge in [-0.1, -0.05) is 30.5 Å². The minimum absolute atomic E-state index is 0.0622. The fourth-order valence-corrected chi connectivity index (χ4v) is 4.36. The molecule has 1 heterocycles. The Morgan fingerprint density at radius 1 is 1.35 bits per heavy atom. The summed E-state index contributed by atoms with van der Waals surface area (Å²) in [6.07, 6.45) is 5.18. The first-order valence-corrected chi connectivity index (χ1v) is 9.18. The number of esters is 1. The van der Waals surface area contributed by atoms with E-state index in [-0.39, 0.29) is 12.3 Å². The summed E-state index contributed by atoms with van der Waals surface area (Å²) in [5.74, 6) is -0.541. The van der Waals surface area contributed by atoms with Crippen molar-refractivity contribution < 1.29 is 23.9 Å². The molecule has 1 aromatic rings. The smallest absolute Gasteiger partial charge is 0.441 e. The maximum absolute atomic E-state index is 12.3. The van der Waals surface area contributed by atoms with E-state index in [2.05, 4.69) is 4.79 Å². The van der Waals surface area contributed by atoms with Gasteiger partial charge >= 0.3 is 11.7 Å². The zero-order chi connectivity index (χ0) is 18.7. The molecule has 0 aromatic heterocycles. The lowest BCUT2D eigenvalue weighted by molar-refractivity contribution is -0.172. The van der Waals surface area contributed by atoms with E-state index < -0.39 is 23.1 Å². The Balaban J connectivity index is 1.83. The average molecular weight is 377 g/mol. The van der Waals surface area contributed by atoms with Crippen LogP contribution in [0.15, 0.2) is 18.2 Å². The lowest BCUT2D eigenvalue weighted by atomic mass is 9.75. The Bertz CT molecular complexity index is 760. The van der Waals surface area contributed by atoms with Crippen molar-refractivity contribution in [1.29, 1.82) is 0 Å². The number of halogens is 1. The molecule has 26 heavy (non-hydrogen) atoms. The van der Waals surface area contributed by atoms with E-state index in [1.54, 1.807) is 13.2 Å². The number of hydrogen-bond acceptors (Lipinski definition) is 4. The predicted molar refractivity (Wildman–Crippen MR) is 95.4 cm³/mol. The minimum atomic E-state index is -0.842. The molecule has 1 aliphatic carbocycles. The molecule has 0 amide bonds. The Morgan fingerprint density at radius 3 is 2.65 bits per heavy atom. The first-order chi connectivity index (χ1) is 12.5. The third kappa shape index (κ3) is 3.53. The summed E-state index contributed by atoms with van der Waals surface area (Å²) in [6.45, 7) is 0. The molecule has 1 saturated carbocycles. The average Bonchev–Trinajstić information content (AvgIpc) is 3.15. The van der Waals surface area contributed by atoms with Crippen LogP contribution >= 0.6 is 11.6 Å². The number of methoxy groups -OCH3 is 1. The van der Waals surface area contributed by atoms with Crippen LogP contribution in [0.2, 0.25) is 5.02 Å². The number of carbonyl (C=O) groups is 2. The van der Waals surface area contributed by atoms with Gasteiger partial charge in [0.05, 0.1) is 18.6 Å². The summed E-state index contributed by atoms with van der Waals surface area (Å²) >= 11 is 6.19. The van der Waals surface area contributed by atoms with Crippen molar-refractivity contribution in [3.8, 4) is 5.75 Å². The predicted octanol–water partition coefficient (Wildman–Crippen LogP) is 3.40. The van der Waals surface area contributed by atoms with Crippen molar-refractivity contribution in [2.75, 3.05) is 7.11 Å². The summed E-state index contributed by atoms with van der Waals surface area (Å²) in [7, 11) is 1.56. The Morgan fingerprint density at radius 2 is 2.08 bits per heavy atom. The van der Waals surface area contributed by atoms with Gasteiger partial charge in [0.15, 0.2) is 0 Å². The molecule has 0 spiro atoms. The van der Waals surface area contributed by atoms with Crippen LogP contribution in [0.25, 0.3) is 5.53 Å². The fraction of sp³-hybridized carbons (Fsp3) is 0.526. The number of aryl methyl sites for hydroxylation is 1. The Kier molecular flexibility index (Phi) is 5.44. The second-order valence-electron chi connectivity index (χ2n) is 6.95. The highest BCUT2D eigenvalue weighted by Crippen LogP contribution is 2.43. The van der Waals surface area contributed by atoms with Gasteiger partial charge in [-0.25, -0.2) is 4.79 Å². The highest BCUT2D eigenvalue weighted by molar-refractivity contribution is 6.63. The maximum Gasteiger partial charge on any atom is 0.441 e. The van der Waals surface area contributed by atoms with Gasteiger partial charge in [-0.2, -0.15) is 4.79 Å². The van der Waals surface area contributed by atoms with E-state index >= 15 is 0 Å². The second kappa shape index (κ2) is 7.60. The van der Waals surface area contributed by atoms with Crippen LogP contribution in [0.5, 0.6) is 5.75 Å². The molecular formula is C19H21ClN2O4. The lowest BCUT2D eigenvalue weighted by Gasteiger charge is -2.39. The highest BCUT2D eigenvalue weighted by atomic mass is 35.5. The van der Waals surface area contributed by atoms with Gasteiger partial charge in [-0.3, -0.25) is 4.79 Å². The summed E-state index contributed by atoms with van der Waals surface area (Å²) < 4.78 is 10.9. The largest absolute Gasteiger partial charge is 0.495 e. The summed E-state index contributed by atoms with van der Waals surface area (Å²) in [5, 5.41) is 0.520. The third-order valence-corrected chi connectivity index (χ3v) is 5.76. The van der Waals surface area contributed by atoms with Crippen molar-refractivity contribution in [2.24, 2.45) is 5.92 Å². The van der Waals surface area contributed by atoms with E-state index in [9.17, 15) is 9.59 Å². The highest BCUT2D eigenvalue weighted by Gasteiger charge is 2.53. The number of carbonyl (C=O) groups excluding carboxylic acids is 2. The quantitative estimate of drug-likeness (QED) is 0.447. The van der Waals surface area contributed by atoms with Crippen LogP contribution < -0.4 is 4.74 Å². The van der Waals surface area contributed by atoms with Crippen LogP contribution in [0.3, 0.4) is 0 Å². The number of ether oxygens (including phenoxy) is 2. The molecule has 2 aliphatic rings. The molecule has 3 rings (SSSR count). The third-order valence-electron chi connectivity index (χ3n) is 5.47. The molecule has 1 atom stereocenters. The zero-order valence-corrected chi connectivity index (χ0v) is 15.4. The first kappa shape index (κ1) is 18.6. The molecule has 0 bridgehead atoms. The molecule has 6 nitrogen and oxygen atoms in total. The monoisotopic (exact) mass is 376 g/mol. The molecular weight excluding hydrogens is 356 g/mol. The molecule has 2 fully saturated rings.